The predicted molar refractivity (Wildman–Crippen MR) is 83.6 cm³/mol. The van der Waals surface area contributed by atoms with Crippen LogP contribution in [-0.2, 0) is 15.9 Å². The first-order valence-electron chi connectivity index (χ1n) is 7.53. The fourth-order valence-corrected chi connectivity index (χ4v) is 2.27. The van der Waals surface area contributed by atoms with Crippen LogP contribution in [0.25, 0.3) is 0 Å². The zero-order chi connectivity index (χ0) is 16.1. The lowest BCUT2D eigenvalue weighted by Crippen LogP contribution is -2.41. The molecule has 2 heterocycles. The van der Waals surface area contributed by atoms with E-state index in [1.807, 2.05) is 45.5 Å². The maximum absolute atomic E-state index is 9.83. The van der Waals surface area contributed by atoms with Gasteiger partial charge < -0.3 is 14.4 Å². The minimum Gasteiger partial charge on any atom is -0.399 e. The van der Waals surface area contributed by atoms with Crippen LogP contribution >= 0.6 is 0 Å². The van der Waals surface area contributed by atoms with Gasteiger partial charge in [-0.2, -0.15) is 5.10 Å². The average Bonchev–Trinajstić information content (AvgIpc) is 2.74. The van der Waals surface area contributed by atoms with Crippen LogP contribution in [0, 0.1) is 6.92 Å². The molecule has 1 N–H and O–H groups in total. The van der Waals surface area contributed by atoms with Gasteiger partial charge >= 0.3 is 7.12 Å². The monoisotopic (exact) mass is 294 g/mol. The second-order valence-electron chi connectivity index (χ2n) is 7.56. The maximum atomic E-state index is 9.83. The molecule has 1 saturated heterocycles. The quantitative estimate of drug-likeness (QED) is 0.858. The highest BCUT2D eigenvalue weighted by molar-refractivity contribution is 6.62. The Morgan fingerprint density at radius 1 is 1.24 bits per heavy atom. The van der Waals surface area contributed by atoms with Crippen molar-refractivity contribution in [3.05, 3.63) is 11.9 Å². The minimum absolute atomic E-state index is 0.348. The van der Waals surface area contributed by atoms with Crippen molar-refractivity contribution in [3.63, 3.8) is 0 Å². The Kier molecular flexibility index (Phi) is 4.02. The van der Waals surface area contributed by atoms with Gasteiger partial charge in [0, 0.05) is 23.9 Å². The van der Waals surface area contributed by atoms with Crippen LogP contribution in [-0.4, -0.2) is 38.8 Å². The van der Waals surface area contributed by atoms with Gasteiger partial charge in [-0.15, -0.1) is 0 Å². The van der Waals surface area contributed by atoms with Gasteiger partial charge in [-0.1, -0.05) is 0 Å². The number of aliphatic hydroxyl groups is 1. The topological polar surface area (TPSA) is 56.5 Å². The largest absolute Gasteiger partial charge is 0.498 e. The number of nitrogens with zero attached hydrogens (tertiary/aromatic N) is 2. The zero-order valence-electron chi connectivity index (χ0n) is 14.2. The second-order valence-corrected chi connectivity index (χ2v) is 7.56. The molecule has 0 spiro atoms. The fourth-order valence-electron chi connectivity index (χ4n) is 2.27. The van der Waals surface area contributed by atoms with Crippen LogP contribution in [0.2, 0.25) is 0 Å². The van der Waals surface area contributed by atoms with Crippen molar-refractivity contribution in [3.8, 4) is 0 Å². The van der Waals surface area contributed by atoms with Crippen LogP contribution in [0.15, 0.2) is 6.20 Å². The van der Waals surface area contributed by atoms with Crippen LogP contribution < -0.4 is 5.46 Å². The van der Waals surface area contributed by atoms with Gasteiger partial charge in [-0.25, -0.2) is 0 Å². The van der Waals surface area contributed by atoms with E-state index in [4.69, 9.17) is 9.31 Å². The van der Waals surface area contributed by atoms with Gasteiger partial charge in [0.1, 0.15) is 0 Å². The number of aryl methyl sites for hydroxylation is 1. The van der Waals surface area contributed by atoms with E-state index in [2.05, 4.69) is 5.10 Å². The minimum atomic E-state index is -0.692. The molecule has 0 aromatic carbocycles. The Morgan fingerprint density at radius 3 is 2.24 bits per heavy atom. The molecule has 1 aromatic rings. The summed E-state index contributed by atoms with van der Waals surface area (Å²) in [6, 6.07) is 0. The van der Waals surface area contributed by atoms with E-state index in [9.17, 15) is 5.11 Å². The molecule has 0 saturated carbocycles. The van der Waals surface area contributed by atoms with Gasteiger partial charge in [0.2, 0.25) is 0 Å². The van der Waals surface area contributed by atoms with Gasteiger partial charge in [0.15, 0.2) is 0 Å². The lowest BCUT2D eigenvalue weighted by Gasteiger charge is -2.32. The highest BCUT2D eigenvalue weighted by Gasteiger charge is 2.52. The van der Waals surface area contributed by atoms with E-state index in [1.165, 1.54) is 0 Å². The molecule has 6 heteroatoms. The molecule has 2 rings (SSSR count). The standard InChI is InChI=1S/C15H27BN2O3/c1-11-12(10-17-18(11)9-8-13(2,3)19)16-20-14(4,5)15(6,7)21-16/h10,19H,8-9H2,1-7H3. The van der Waals surface area contributed by atoms with Crippen molar-refractivity contribution in [2.24, 2.45) is 0 Å². The summed E-state index contributed by atoms with van der Waals surface area (Å²) in [7, 11) is -0.383. The average molecular weight is 294 g/mol. The summed E-state index contributed by atoms with van der Waals surface area (Å²) in [5, 5.41) is 14.2. The lowest BCUT2D eigenvalue weighted by atomic mass is 9.79. The molecule has 1 fully saturated rings. The van der Waals surface area contributed by atoms with E-state index in [0.29, 0.717) is 13.0 Å². The van der Waals surface area contributed by atoms with E-state index in [0.717, 1.165) is 11.2 Å². The number of aromatic nitrogens is 2. The van der Waals surface area contributed by atoms with Crippen LogP contribution in [0.3, 0.4) is 0 Å². The summed E-state index contributed by atoms with van der Waals surface area (Å²) in [5.74, 6) is 0. The Balaban J connectivity index is 2.15. The molecule has 0 bridgehead atoms. The summed E-state index contributed by atoms with van der Waals surface area (Å²) < 4.78 is 14.0. The first-order chi connectivity index (χ1) is 9.43. The summed E-state index contributed by atoms with van der Waals surface area (Å²) in [6.45, 7) is 14.5. The van der Waals surface area contributed by atoms with Crippen molar-refractivity contribution in [1.29, 1.82) is 0 Å². The SMILES string of the molecule is Cc1c(B2OC(C)(C)C(C)(C)O2)cnn1CCC(C)(C)O. The summed E-state index contributed by atoms with van der Waals surface area (Å²) in [6.07, 6.45) is 2.46. The Hall–Kier alpha value is -0.845. The molecule has 0 atom stereocenters. The molecular weight excluding hydrogens is 267 g/mol. The number of hydrogen-bond donors (Lipinski definition) is 1. The lowest BCUT2D eigenvalue weighted by molar-refractivity contribution is 0.00578. The summed E-state index contributed by atoms with van der Waals surface area (Å²) >= 11 is 0. The maximum Gasteiger partial charge on any atom is 0.498 e. The molecule has 21 heavy (non-hydrogen) atoms. The van der Waals surface area contributed by atoms with Gasteiger partial charge in [0.05, 0.1) is 16.8 Å². The molecule has 0 unspecified atom stereocenters. The van der Waals surface area contributed by atoms with Gasteiger partial charge in [-0.05, 0) is 54.9 Å². The van der Waals surface area contributed by atoms with Crippen molar-refractivity contribution < 1.29 is 14.4 Å². The van der Waals surface area contributed by atoms with Crippen LogP contribution in [0.1, 0.15) is 53.7 Å². The van der Waals surface area contributed by atoms with Crippen molar-refractivity contribution in [2.75, 3.05) is 0 Å². The third kappa shape index (κ3) is 3.33. The third-order valence-electron chi connectivity index (χ3n) is 4.58. The molecule has 118 valence electrons. The van der Waals surface area contributed by atoms with E-state index in [1.54, 1.807) is 13.8 Å². The van der Waals surface area contributed by atoms with Crippen LogP contribution in [0.4, 0.5) is 0 Å². The number of hydrogen-bond acceptors (Lipinski definition) is 4. The van der Waals surface area contributed by atoms with Crippen molar-refractivity contribution in [2.45, 2.75) is 78.2 Å². The molecule has 1 aliphatic rings. The first-order valence-corrected chi connectivity index (χ1v) is 7.53. The smallest absolute Gasteiger partial charge is 0.399 e. The Labute approximate surface area is 127 Å². The molecular formula is C15H27BN2O3. The predicted octanol–water partition coefficient (Wildman–Crippen LogP) is 1.65. The number of rotatable bonds is 4. The van der Waals surface area contributed by atoms with Crippen molar-refractivity contribution >= 4 is 12.6 Å². The second kappa shape index (κ2) is 5.11. The summed E-state index contributed by atoms with van der Waals surface area (Å²) in [4.78, 5) is 0. The fraction of sp³-hybridized carbons (Fsp3) is 0.800. The zero-order valence-corrected chi connectivity index (χ0v) is 14.2. The molecule has 0 amide bonds. The van der Waals surface area contributed by atoms with E-state index in [-0.39, 0.29) is 18.3 Å². The van der Waals surface area contributed by atoms with E-state index < -0.39 is 5.60 Å². The van der Waals surface area contributed by atoms with Gasteiger partial charge in [0.25, 0.3) is 0 Å². The molecule has 1 aliphatic heterocycles. The highest BCUT2D eigenvalue weighted by Crippen LogP contribution is 2.36. The molecule has 5 nitrogen and oxygen atoms in total. The Morgan fingerprint density at radius 2 is 1.76 bits per heavy atom. The third-order valence-corrected chi connectivity index (χ3v) is 4.58. The molecule has 0 radical (unpaired) electrons. The molecule has 1 aromatic heterocycles. The Bertz CT molecular complexity index is 501. The first kappa shape index (κ1) is 16.5. The van der Waals surface area contributed by atoms with Gasteiger partial charge in [-0.3, -0.25) is 4.68 Å². The molecule has 0 aliphatic carbocycles. The highest BCUT2D eigenvalue weighted by atomic mass is 16.7. The normalized spacial score (nSPS) is 21.0. The van der Waals surface area contributed by atoms with Crippen molar-refractivity contribution in [1.82, 2.24) is 9.78 Å². The van der Waals surface area contributed by atoms with E-state index >= 15 is 0 Å². The summed E-state index contributed by atoms with van der Waals surface area (Å²) in [5.41, 5.74) is 0.601. The van der Waals surface area contributed by atoms with Crippen LogP contribution in [0.5, 0.6) is 0 Å².